The molecule has 6 N–H and O–H groups in total. The number of nitrogens with two attached hydrogens (primary N) is 2. The van der Waals surface area contributed by atoms with Crippen LogP contribution in [0.3, 0.4) is 0 Å². The van der Waals surface area contributed by atoms with Crippen molar-refractivity contribution in [2.24, 2.45) is 40.9 Å². The monoisotopic (exact) mass is 1430 g/mol. The van der Waals surface area contributed by atoms with Crippen molar-refractivity contribution in [1.29, 1.82) is 0 Å². The molecule has 0 aromatic heterocycles. The number of ether oxygens (including phenoxy) is 2. The molecule has 0 saturated carbocycles. The molecular weight excluding hydrogens is 1400 g/mol. The Kier molecular flexibility index (Phi) is 36.5. The first-order valence-electron chi connectivity index (χ1n) is 22.5. The first-order valence-corrected chi connectivity index (χ1v) is 30.1. The van der Waals surface area contributed by atoms with Gasteiger partial charge in [0.05, 0.1) is 50.6 Å². The normalized spacial score (nSPS) is 11.4. The molecule has 8 rings (SSSR count). The summed E-state index contributed by atoms with van der Waals surface area (Å²) in [5.74, 6) is -1.35. The van der Waals surface area contributed by atoms with E-state index >= 15 is 0 Å². The van der Waals surface area contributed by atoms with Crippen LogP contribution in [0.5, 0.6) is 23.0 Å². The summed E-state index contributed by atoms with van der Waals surface area (Å²) in [5, 5.41) is 53.7. The molecule has 0 spiro atoms. The Morgan fingerprint density at radius 3 is 1.32 bits per heavy atom. The standard InChI is InChI=1S/C48H36N10O16S4.6Na.2O3S/c1-73-29-11-16-37(41(22-29)76(64,65)66)55-53-35-19-14-33(49)44-31(35)13-18-39(47(44)59)57-51-27-8-4-25(5-9-27)3-6-26-7-10-28(21-40(26)75(61,62)63)52-58-46-43(78(70,71)72)24-32-36(20-15-34(50)45(32)48(46)60)54-56-38-17-12-30(74-2)23-42(38)77(67,68)69;;;;;;;2*1-4(2)3/h3-4,6-17,19-24,59-60H,49-50H2,1-2H3,(H,61,62,63)(H,64,65,66)(H,67,68,69)(H,70,71,72);;;;;;;;/q-2;6*+1;;/p-4/b6-3+,55-53?,56-54?,57-51?,58-52?;;;;;;;;. The Morgan fingerprint density at radius 1 is 0.446 bits per heavy atom. The minimum atomic E-state index is -5.52. The molecule has 8 aromatic carbocycles. The van der Waals surface area contributed by atoms with Crippen LogP contribution in [0.25, 0.3) is 33.7 Å². The zero-order chi connectivity index (χ0) is 63.6. The van der Waals surface area contributed by atoms with Gasteiger partial charge < -0.3 is 49.4 Å². The summed E-state index contributed by atoms with van der Waals surface area (Å²) in [6.07, 6.45) is 2.64. The molecule has 44 heteroatoms. The van der Waals surface area contributed by atoms with Gasteiger partial charge in [0, 0.05) is 39.6 Å². The zero-order valence-electron chi connectivity index (χ0n) is 48.8. The van der Waals surface area contributed by atoms with Crippen molar-refractivity contribution in [3.05, 3.63) is 132 Å². The van der Waals surface area contributed by atoms with E-state index in [0.717, 1.165) is 36.4 Å². The van der Waals surface area contributed by atoms with Crippen molar-refractivity contribution in [1.82, 2.24) is 0 Å². The first kappa shape index (κ1) is 88.1. The van der Waals surface area contributed by atoms with E-state index in [1.54, 1.807) is 0 Å². The Morgan fingerprint density at radius 2 is 0.870 bits per heavy atom. The summed E-state index contributed by atoms with van der Waals surface area (Å²) >= 11 is 0. The van der Waals surface area contributed by atoms with Crippen LogP contribution in [0.1, 0.15) is 11.1 Å². The van der Waals surface area contributed by atoms with Crippen LogP contribution >= 0.6 is 0 Å². The van der Waals surface area contributed by atoms with Crippen molar-refractivity contribution in [2.75, 3.05) is 25.7 Å². The van der Waals surface area contributed by atoms with Crippen LogP contribution in [0.4, 0.5) is 56.9 Å². The van der Waals surface area contributed by atoms with Gasteiger partial charge in [0.25, 0.3) is 0 Å². The molecule has 0 heterocycles. The topological polar surface area (TPSA) is 541 Å². The number of nitrogen functional groups attached to an aromatic ring is 2. The number of azo groups is 4. The number of methoxy groups -OCH3 is 2. The second-order valence-electron chi connectivity index (χ2n) is 16.4. The minimum absolute atomic E-state index is 0. The molecule has 8 aromatic rings. The third kappa shape index (κ3) is 24.0. The van der Waals surface area contributed by atoms with Crippen LogP contribution in [-0.2, 0) is 61.7 Å². The predicted molar refractivity (Wildman–Crippen MR) is 293 cm³/mol. The molecule has 0 saturated heterocycles. The number of hydrogen-bond acceptors (Lipinski definition) is 32. The first-order chi connectivity index (χ1) is 40.2. The van der Waals surface area contributed by atoms with Crippen LogP contribution in [-0.4, -0.2) is 102 Å². The average molecular weight is 1430 g/mol. The average Bonchev–Trinajstić information content (AvgIpc) is 0.766. The summed E-state index contributed by atoms with van der Waals surface area (Å²) in [6, 6.07) is 27.4. The maximum absolute atomic E-state index is 12.6. The fraction of sp³-hybridized carbons (Fsp3) is 0.0417. The van der Waals surface area contributed by atoms with Gasteiger partial charge in [-0.1, -0.05) is 22.9 Å². The van der Waals surface area contributed by atoms with Crippen LogP contribution < -0.4 is 198 Å². The molecule has 448 valence electrons. The zero-order valence-corrected chi connectivity index (χ0v) is 65.7. The number of nitrogens with zero attached hydrogens (tertiary/aromatic N) is 8. The number of aromatic hydroxyl groups is 2. The number of anilines is 2. The van der Waals surface area contributed by atoms with Crippen LogP contribution in [0, 0.1) is 12.1 Å². The van der Waals surface area contributed by atoms with Gasteiger partial charge in [-0.2, -0.15) is 38.2 Å². The summed E-state index contributed by atoms with van der Waals surface area (Å²) in [5.41, 5.74) is 10.3. The summed E-state index contributed by atoms with van der Waals surface area (Å²) in [6.45, 7) is 0. The minimum Gasteiger partial charge on any atom is -0.744 e. The third-order valence-corrected chi connectivity index (χ3v) is 14.5. The number of fused-ring (bicyclic) bond motifs is 2. The molecule has 0 amide bonds. The van der Waals surface area contributed by atoms with E-state index in [1.807, 2.05) is 0 Å². The maximum Gasteiger partial charge on any atom is 1.00 e. The van der Waals surface area contributed by atoms with E-state index in [2.05, 4.69) is 53.0 Å². The molecule has 0 aliphatic carbocycles. The SMILES string of the molecule is COc1ccc(N=Nc2ccc(N)c3c(O)c(N=Nc4c[c-]c(/C=C/c5ccc(N=Nc6c(S(=O)(=O)[O-])cc7c(N=Nc8ccc(OC)cc8S(=O)(=O)[O-])ccc(N)c7c6O)cc5S(=O)(=O)[O-])cc4)[c-]cc23)c(S(=O)(=O)[O-])c1.O=S(=O)=O.O=S(=O)=O.[Na+].[Na+].[Na+].[Na+].[Na+].[Na+]. The van der Waals surface area contributed by atoms with Crippen molar-refractivity contribution < 1.29 is 274 Å². The molecular formula is C48H32N10Na6O22S6. The van der Waals surface area contributed by atoms with Crippen LogP contribution in [0.15, 0.2) is 170 Å². The maximum atomic E-state index is 12.6. The van der Waals surface area contributed by atoms with Gasteiger partial charge >= 0.3 is 199 Å². The number of hydrogen-bond donors (Lipinski definition) is 4. The Bertz CT molecular complexity index is 4910. The van der Waals surface area contributed by atoms with Gasteiger partial charge in [-0.3, -0.25) is 0 Å². The van der Waals surface area contributed by atoms with E-state index in [1.165, 1.54) is 99.2 Å². The number of phenolic OH excluding ortho intramolecular Hbond substituents is 2. The second kappa shape index (κ2) is 38.1. The van der Waals surface area contributed by atoms with E-state index in [9.17, 15) is 62.1 Å². The molecule has 0 aliphatic rings. The Hall–Kier alpha value is -3.90. The summed E-state index contributed by atoms with van der Waals surface area (Å²) in [7, 11) is -24.6. The molecule has 0 unspecified atom stereocenters. The van der Waals surface area contributed by atoms with Gasteiger partial charge in [-0.15, -0.1) is 70.9 Å². The van der Waals surface area contributed by atoms with Crippen molar-refractivity contribution in [3.63, 3.8) is 0 Å². The Labute approximate surface area is 658 Å². The third-order valence-electron chi connectivity index (χ3n) is 11.0. The molecule has 0 atom stereocenters. The van der Waals surface area contributed by atoms with Gasteiger partial charge in [0.1, 0.15) is 69.0 Å². The molecule has 0 bridgehead atoms. The molecule has 92 heavy (non-hydrogen) atoms. The van der Waals surface area contributed by atoms with E-state index < -0.39 is 104 Å². The van der Waals surface area contributed by atoms with Crippen molar-refractivity contribution in [2.45, 2.75) is 19.6 Å². The summed E-state index contributed by atoms with van der Waals surface area (Å²) < 4.78 is 207. The fourth-order valence-electron chi connectivity index (χ4n) is 7.32. The largest absolute Gasteiger partial charge is 1.00 e. The molecule has 0 fully saturated rings. The van der Waals surface area contributed by atoms with Crippen molar-refractivity contribution in [3.8, 4) is 23.0 Å². The number of benzene rings is 8. The van der Waals surface area contributed by atoms with Gasteiger partial charge in [0.15, 0.2) is 5.75 Å². The van der Waals surface area contributed by atoms with Crippen molar-refractivity contribution >= 4 is 152 Å². The quantitative estimate of drug-likeness (QED) is 0.0174. The summed E-state index contributed by atoms with van der Waals surface area (Å²) in [4.78, 5) is -3.46. The van der Waals surface area contributed by atoms with E-state index in [0.29, 0.717) is 5.56 Å². The molecule has 0 aliphatic heterocycles. The number of phenols is 2. The number of rotatable bonds is 16. The van der Waals surface area contributed by atoms with E-state index in [-0.39, 0.29) is 261 Å². The van der Waals surface area contributed by atoms with E-state index in [4.69, 9.17) is 46.2 Å². The molecule has 0 radical (unpaired) electrons. The van der Waals surface area contributed by atoms with Gasteiger partial charge in [-0.05, 0) is 84.4 Å². The second-order valence-corrected chi connectivity index (χ2v) is 22.6. The Balaban J connectivity index is 0.00000559. The fourth-order valence-corrected chi connectivity index (χ4v) is 9.90. The van der Waals surface area contributed by atoms with Crippen LogP contribution in [0.2, 0.25) is 0 Å². The predicted octanol–water partition coefficient (Wildman–Crippen LogP) is -10.3. The van der Waals surface area contributed by atoms with Gasteiger partial charge in [-0.25, -0.2) is 38.8 Å². The molecule has 32 nitrogen and oxygen atoms in total. The van der Waals surface area contributed by atoms with Gasteiger partial charge in [0.2, 0.25) is 0 Å². The smallest absolute Gasteiger partial charge is 0.744 e.